The van der Waals surface area contributed by atoms with Crippen molar-refractivity contribution in [2.45, 2.75) is 39.6 Å². The van der Waals surface area contributed by atoms with E-state index in [0.29, 0.717) is 17.8 Å². The molecule has 0 aliphatic carbocycles. The van der Waals surface area contributed by atoms with E-state index in [0.717, 1.165) is 11.4 Å². The SMILES string of the molecule is Cc1c(CCl)nnn1C(C)C(C)C. The molecule has 1 rings (SSSR count). The van der Waals surface area contributed by atoms with Gasteiger partial charge in [0.2, 0.25) is 0 Å². The molecule has 0 aliphatic rings. The summed E-state index contributed by atoms with van der Waals surface area (Å²) in [7, 11) is 0. The van der Waals surface area contributed by atoms with Crippen molar-refractivity contribution in [3.63, 3.8) is 0 Å². The Morgan fingerprint density at radius 3 is 2.38 bits per heavy atom. The zero-order valence-electron chi connectivity index (χ0n) is 8.58. The molecule has 0 N–H and O–H groups in total. The fourth-order valence-electron chi connectivity index (χ4n) is 1.17. The second kappa shape index (κ2) is 4.09. The predicted molar refractivity (Wildman–Crippen MR) is 53.9 cm³/mol. The molecule has 0 aliphatic heterocycles. The smallest absolute Gasteiger partial charge is 0.100 e. The summed E-state index contributed by atoms with van der Waals surface area (Å²) in [5.74, 6) is 1.000. The molecular formula is C9H16ClN3. The van der Waals surface area contributed by atoms with Gasteiger partial charge in [0, 0.05) is 0 Å². The Morgan fingerprint density at radius 1 is 1.38 bits per heavy atom. The molecule has 3 nitrogen and oxygen atoms in total. The Hall–Kier alpha value is -0.570. The number of aromatic nitrogens is 3. The molecule has 74 valence electrons. The normalized spacial score (nSPS) is 13.7. The first-order valence-electron chi connectivity index (χ1n) is 4.54. The van der Waals surface area contributed by atoms with E-state index in [4.69, 9.17) is 11.6 Å². The van der Waals surface area contributed by atoms with Crippen molar-refractivity contribution < 1.29 is 0 Å². The van der Waals surface area contributed by atoms with Gasteiger partial charge in [0.15, 0.2) is 0 Å². The van der Waals surface area contributed by atoms with Gasteiger partial charge in [0.05, 0.1) is 17.6 Å². The van der Waals surface area contributed by atoms with E-state index in [2.05, 4.69) is 31.1 Å². The summed E-state index contributed by atoms with van der Waals surface area (Å²) in [4.78, 5) is 0. The highest BCUT2D eigenvalue weighted by molar-refractivity contribution is 6.16. The molecule has 4 heteroatoms. The lowest BCUT2D eigenvalue weighted by molar-refractivity contribution is 0.362. The highest BCUT2D eigenvalue weighted by atomic mass is 35.5. The second-order valence-electron chi connectivity index (χ2n) is 3.68. The van der Waals surface area contributed by atoms with Crippen molar-refractivity contribution in [2.75, 3.05) is 0 Å². The van der Waals surface area contributed by atoms with Crippen molar-refractivity contribution in [3.05, 3.63) is 11.4 Å². The Balaban J connectivity index is 2.95. The summed E-state index contributed by atoms with van der Waals surface area (Å²) in [6.45, 7) is 8.50. The van der Waals surface area contributed by atoms with Crippen LogP contribution in [0.15, 0.2) is 0 Å². The molecule has 0 fully saturated rings. The number of nitrogens with zero attached hydrogens (tertiary/aromatic N) is 3. The number of hydrogen-bond donors (Lipinski definition) is 0. The quantitative estimate of drug-likeness (QED) is 0.704. The van der Waals surface area contributed by atoms with Crippen molar-refractivity contribution in [1.82, 2.24) is 15.0 Å². The van der Waals surface area contributed by atoms with Crippen LogP contribution in [0.2, 0.25) is 0 Å². The van der Waals surface area contributed by atoms with Gasteiger partial charge in [-0.15, -0.1) is 16.7 Å². The molecule has 1 aromatic rings. The number of rotatable bonds is 3. The topological polar surface area (TPSA) is 30.7 Å². The van der Waals surface area contributed by atoms with Crippen LogP contribution in [0.25, 0.3) is 0 Å². The predicted octanol–water partition coefficient (Wildman–Crippen LogP) is 2.54. The monoisotopic (exact) mass is 201 g/mol. The van der Waals surface area contributed by atoms with E-state index in [9.17, 15) is 0 Å². The van der Waals surface area contributed by atoms with Crippen LogP contribution in [0.1, 0.15) is 38.2 Å². The summed E-state index contributed by atoms with van der Waals surface area (Å²) in [5.41, 5.74) is 1.96. The minimum Gasteiger partial charge on any atom is -0.246 e. The van der Waals surface area contributed by atoms with Crippen molar-refractivity contribution >= 4 is 11.6 Å². The summed E-state index contributed by atoms with van der Waals surface area (Å²) in [5, 5.41) is 8.11. The van der Waals surface area contributed by atoms with E-state index in [1.807, 2.05) is 11.6 Å². The molecule has 1 atom stereocenters. The summed E-state index contributed by atoms with van der Waals surface area (Å²) in [6, 6.07) is 0.379. The fraction of sp³-hybridized carbons (Fsp3) is 0.778. The third kappa shape index (κ3) is 2.02. The van der Waals surface area contributed by atoms with Crippen LogP contribution in [-0.4, -0.2) is 15.0 Å². The molecule has 0 saturated carbocycles. The van der Waals surface area contributed by atoms with Crippen molar-refractivity contribution in [1.29, 1.82) is 0 Å². The van der Waals surface area contributed by atoms with Gasteiger partial charge in [-0.05, 0) is 19.8 Å². The lowest BCUT2D eigenvalue weighted by atomic mass is 10.1. The van der Waals surface area contributed by atoms with Gasteiger partial charge < -0.3 is 0 Å². The summed E-state index contributed by atoms with van der Waals surface area (Å²) < 4.78 is 1.95. The first-order valence-corrected chi connectivity index (χ1v) is 5.08. The Kier molecular flexibility index (Phi) is 3.31. The number of alkyl halides is 1. The zero-order chi connectivity index (χ0) is 10.0. The van der Waals surface area contributed by atoms with Crippen LogP contribution in [0.3, 0.4) is 0 Å². The third-order valence-electron chi connectivity index (χ3n) is 2.50. The Morgan fingerprint density at radius 2 is 2.00 bits per heavy atom. The van der Waals surface area contributed by atoms with Crippen LogP contribution < -0.4 is 0 Å². The van der Waals surface area contributed by atoms with Gasteiger partial charge in [-0.25, -0.2) is 4.68 Å². The van der Waals surface area contributed by atoms with E-state index in [1.165, 1.54) is 0 Å². The van der Waals surface area contributed by atoms with E-state index >= 15 is 0 Å². The maximum atomic E-state index is 5.71. The largest absolute Gasteiger partial charge is 0.246 e. The van der Waals surface area contributed by atoms with E-state index in [1.54, 1.807) is 0 Å². The lowest BCUT2D eigenvalue weighted by Crippen LogP contribution is -2.14. The Bertz CT molecular complexity index is 280. The molecule has 0 saturated heterocycles. The van der Waals surface area contributed by atoms with Crippen molar-refractivity contribution in [2.24, 2.45) is 5.92 Å². The van der Waals surface area contributed by atoms with Crippen molar-refractivity contribution in [3.8, 4) is 0 Å². The van der Waals surface area contributed by atoms with Gasteiger partial charge in [-0.1, -0.05) is 19.1 Å². The van der Waals surface area contributed by atoms with Crippen LogP contribution in [0, 0.1) is 12.8 Å². The highest BCUT2D eigenvalue weighted by Crippen LogP contribution is 2.19. The maximum absolute atomic E-state index is 5.71. The summed E-state index contributed by atoms with van der Waals surface area (Å²) in [6.07, 6.45) is 0. The van der Waals surface area contributed by atoms with Crippen LogP contribution in [-0.2, 0) is 5.88 Å². The standard InChI is InChI=1S/C9H16ClN3/c1-6(2)7(3)13-8(4)9(5-10)11-12-13/h6-7H,5H2,1-4H3. The van der Waals surface area contributed by atoms with Crippen LogP contribution in [0.4, 0.5) is 0 Å². The first kappa shape index (κ1) is 10.5. The molecule has 1 unspecified atom stereocenters. The van der Waals surface area contributed by atoms with Gasteiger partial charge in [-0.3, -0.25) is 0 Å². The zero-order valence-corrected chi connectivity index (χ0v) is 9.34. The highest BCUT2D eigenvalue weighted by Gasteiger charge is 2.15. The van der Waals surface area contributed by atoms with Crippen LogP contribution >= 0.6 is 11.6 Å². The minimum absolute atomic E-state index is 0.379. The molecular weight excluding hydrogens is 186 g/mol. The molecule has 0 aromatic carbocycles. The Labute approximate surface area is 84.1 Å². The van der Waals surface area contributed by atoms with Gasteiger partial charge in [0.25, 0.3) is 0 Å². The number of halogens is 1. The second-order valence-corrected chi connectivity index (χ2v) is 3.95. The first-order chi connectivity index (χ1) is 6.07. The average molecular weight is 202 g/mol. The molecule has 0 radical (unpaired) electrons. The van der Waals surface area contributed by atoms with Gasteiger partial charge in [-0.2, -0.15) is 0 Å². The van der Waals surface area contributed by atoms with Gasteiger partial charge >= 0.3 is 0 Å². The third-order valence-corrected chi connectivity index (χ3v) is 2.75. The number of hydrogen-bond acceptors (Lipinski definition) is 2. The minimum atomic E-state index is 0.379. The molecule has 0 spiro atoms. The molecule has 0 amide bonds. The average Bonchev–Trinajstić information content (AvgIpc) is 2.45. The van der Waals surface area contributed by atoms with Crippen LogP contribution in [0.5, 0.6) is 0 Å². The fourth-order valence-corrected chi connectivity index (χ4v) is 1.41. The summed E-state index contributed by atoms with van der Waals surface area (Å²) >= 11 is 5.71. The molecule has 1 aromatic heterocycles. The van der Waals surface area contributed by atoms with E-state index < -0.39 is 0 Å². The molecule has 13 heavy (non-hydrogen) atoms. The molecule has 0 bridgehead atoms. The maximum Gasteiger partial charge on any atom is 0.100 e. The van der Waals surface area contributed by atoms with E-state index in [-0.39, 0.29) is 0 Å². The van der Waals surface area contributed by atoms with Gasteiger partial charge in [0.1, 0.15) is 5.69 Å². The molecule has 1 heterocycles. The lowest BCUT2D eigenvalue weighted by Gasteiger charge is -2.16.